The second-order valence-electron chi connectivity index (χ2n) is 6.89. The minimum atomic E-state index is -0.0932. The molecule has 0 aromatic carbocycles. The lowest BCUT2D eigenvalue weighted by molar-refractivity contribution is -0.126. The standard InChI is InChI=1S/C18H24O2/c1-3-12-11-15(19)5-6-16(12)13-8-9-18(2)14(10-13)4-7-17(18)20/h8,11,14,16H,3-7,9-10H2,1-2H3. The Kier molecular flexibility index (Phi) is 3.43. The van der Waals surface area contributed by atoms with Crippen LogP contribution in [0.2, 0.25) is 0 Å². The topological polar surface area (TPSA) is 34.1 Å². The first kappa shape index (κ1) is 13.8. The Balaban J connectivity index is 1.84. The number of ketones is 2. The van der Waals surface area contributed by atoms with E-state index in [2.05, 4.69) is 19.9 Å². The number of fused-ring (bicyclic) bond motifs is 1. The highest BCUT2D eigenvalue weighted by molar-refractivity contribution is 5.91. The van der Waals surface area contributed by atoms with Gasteiger partial charge in [0, 0.05) is 24.2 Å². The summed E-state index contributed by atoms with van der Waals surface area (Å²) < 4.78 is 0. The number of carbonyl (C=O) groups excluding carboxylic acids is 2. The van der Waals surface area contributed by atoms with Gasteiger partial charge in [0.25, 0.3) is 0 Å². The zero-order valence-corrected chi connectivity index (χ0v) is 12.6. The Labute approximate surface area is 121 Å². The highest BCUT2D eigenvalue weighted by Crippen LogP contribution is 2.51. The molecule has 0 aromatic heterocycles. The summed E-state index contributed by atoms with van der Waals surface area (Å²) in [7, 11) is 0. The molecule has 0 heterocycles. The fraction of sp³-hybridized carbons (Fsp3) is 0.667. The van der Waals surface area contributed by atoms with Gasteiger partial charge in [0.05, 0.1) is 0 Å². The van der Waals surface area contributed by atoms with Crippen LogP contribution < -0.4 is 0 Å². The molecule has 0 aliphatic heterocycles. The molecule has 1 saturated carbocycles. The van der Waals surface area contributed by atoms with Crippen molar-refractivity contribution in [2.75, 3.05) is 0 Å². The smallest absolute Gasteiger partial charge is 0.155 e. The third kappa shape index (κ3) is 2.10. The Bertz CT molecular complexity index is 512. The maximum absolute atomic E-state index is 12.1. The summed E-state index contributed by atoms with van der Waals surface area (Å²) in [5.74, 6) is 1.75. The summed E-state index contributed by atoms with van der Waals surface area (Å²) in [6.07, 6.45) is 10.6. The van der Waals surface area contributed by atoms with Crippen LogP contribution in [-0.2, 0) is 9.59 Å². The molecular weight excluding hydrogens is 248 g/mol. The molecule has 20 heavy (non-hydrogen) atoms. The van der Waals surface area contributed by atoms with E-state index in [4.69, 9.17) is 0 Å². The second-order valence-corrected chi connectivity index (χ2v) is 6.89. The maximum Gasteiger partial charge on any atom is 0.155 e. The fourth-order valence-corrected chi connectivity index (χ4v) is 4.36. The van der Waals surface area contributed by atoms with Gasteiger partial charge in [0.15, 0.2) is 5.78 Å². The molecule has 0 bridgehead atoms. The molecular formula is C18H24O2. The molecule has 0 saturated heterocycles. The number of Topliss-reactive ketones (excluding diaryl/α,β-unsaturated/α-hetero) is 1. The van der Waals surface area contributed by atoms with E-state index in [9.17, 15) is 9.59 Å². The Hall–Kier alpha value is -1.18. The van der Waals surface area contributed by atoms with Crippen molar-refractivity contribution in [2.24, 2.45) is 17.3 Å². The first-order valence-electron chi connectivity index (χ1n) is 8.00. The summed E-state index contributed by atoms with van der Waals surface area (Å²) in [5.41, 5.74) is 2.72. The van der Waals surface area contributed by atoms with Crippen LogP contribution in [0.5, 0.6) is 0 Å². The molecule has 0 amide bonds. The van der Waals surface area contributed by atoms with Crippen LogP contribution in [0, 0.1) is 17.3 Å². The average molecular weight is 272 g/mol. The lowest BCUT2D eigenvalue weighted by atomic mass is 9.66. The summed E-state index contributed by atoms with van der Waals surface area (Å²) >= 11 is 0. The van der Waals surface area contributed by atoms with E-state index in [1.165, 1.54) is 11.1 Å². The van der Waals surface area contributed by atoms with E-state index in [1.807, 2.05) is 6.08 Å². The Morgan fingerprint density at radius 1 is 1.25 bits per heavy atom. The molecule has 0 radical (unpaired) electrons. The first-order chi connectivity index (χ1) is 9.54. The largest absolute Gasteiger partial charge is 0.299 e. The summed E-state index contributed by atoms with van der Waals surface area (Å²) in [5, 5.41) is 0. The minimum absolute atomic E-state index is 0.0932. The lowest BCUT2D eigenvalue weighted by Gasteiger charge is -2.37. The van der Waals surface area contributed by atoms with E-state index < -0.39 is 0 Å². The number of allylic oxidation sites excluding steroid dienone is 4. The Morgan fingerprint density at radius 3 is 2.80 bits per heavy atom. The third-order valence-electron chi connectivity index (χ3n) is 5.86. The van der Waals surface area contributed by atoms with Crippen molar-refractivity contribution in [3.05, 3.63) is 23.3 Å². The average Bonchev–Trinajstić information content (AvgIpc) is 2.74. The van der Waals surface area contributed by atoms with Crippen molar-refractivity contribution in [1.82, 2.24) is 0 Å². The summed E-state index contributed by atoms with van der Waals surface area (Å²) in [6.45, 7) is 4.30. The van der Waals surface area contributed by atoms with Crippen molar-refractivity contribution < 1.29 is 9.59 Å². The van der Waals surface area contributed by atoms with Crippen LogP contribution in [0.1, 0.15) is 58.8 Å². The van der Waals surface area contributed by atoms with Crippen LogP contribution in [0.15, 0.2) is 23.3 Å². The molecule has 3 rings (SSSR count). The van der Waals surface area contributed by atoms with Gasteiger partial charge in [-0.3, -0.25) is 9.59 Å². The molecule has 1 fully saturated rings. The number of hydrogen-bond donors (Lipinski definition) is 0. The molecule has 0 aromatic rings. The zero-order chi connectivity index (χ0) is 14.3. The highest BCUT2D eigenvalue weighted by Gasteiger charge is 2.47. The van der Waals surface area contributed by atoms with Gasteiger partial charge >= 0.3 is 0 Å². The van der Waals surface area contributed by atoms with Crippen LogP contribution >= 0.6 is 0 Å². The molecule has 3 atom stereocenters. The van der Waals surface area contributed by atoms with Gasteiger partial charge in [-0.05, 0) is 44.1 Å². The van der Waals surface area contributed by atoms with Gasteiger partial charge < -0.3 is 0 Å². The van der Waals surface area contributed by atoms with E-state index in [1.54, 1.807) is 0 Å². The quantitative estimate of drug-likeness (QED) is 0.712. The number of rotatable bonds is 2. The monoisotopic (exact) mass is 272 g/mol. The normalized spacial score (nSPS) is 37.5. The van der Waals surface area contributed by atoms with Crippen molar-refractivity contribution in [3.8, 4) is 0 Å². The molecule has 2 nitrogen and oxygen atoms in total. The summed E-state index contributed by atoms with van der Waals surface area (Å²) in [4.78, 5) is 23.7. The van der Waals surface area contributed by atoms with Gasteiger partial charge in [-0.2, -0.15) is 0 Å². The fourth-order valence-electron chi connectivity index (χ4n) is 4.36. The van der Waals surface area contributed by atoms with E-state index in [0.717, 1.165) is 38.5 Å². The molecule has 3 unspecified atom stereocenters. The van der Waals surface area contributed by atoms with Gasteiger partial charge in [0.1, 0.15) is 5.78 Å². The molecule has 3 aliphatic rings. The first-order valence-corrected chi connectivity index (χ1v) is 8.00. The van der Waals surface area contributed by atoms with Crippen molar-refractivity contribution in [2.45, 2.75) is 58.8 Å². The van der Waals surface area contributed by atoms with Crippen LogP contribution in [0.4, 0.5) is 0 Å². The molecule has 0 N–H and O–H groups in total. The second kappa shape index (κ2) is 4.98. The molecule has 108 valence electrons. The minimum Gasteiger partial charge on any atom is -0.299 e. The molecule has 3 aliphatic carbocycles. The van der Waals surface area contributed by atoms with E-state index in [0.29, 0.717) is 24.0 Å². The van der Waals surface area contributed by atoms with Crippen LogP contribution in [0.25, 0.3) is 0 Å². The van der Waals surface area contributed by atoms with Gasteiger partial charge in [-0.1, -0.05) is 31.1 Å². The zero-order valence-electron chi connectivity index (χ0n) is 12.6. The van der Waals surface area contributed by atoms with Gasteiger partial charge in [-0.25, -0.2) is 0 Å². The maximum atomic E-state index is 12.1. The Morgan fingerprint density at radius 2 is 2.05 bits per heavy atom. The number of carbonyl (C=O) groups is 2. The number of hydrogen-bond acceptors (Lipinski definition) is 2. The third-order valence-corrected chi connectivity index (χ3v) is 5.86. The summed E-state index contributed by atoms with van der Waals surface area (Å²) in [6, 6.07) is 0. The van der Waals surface area contributed by atoms with Gasteiger partial charge in [0.2, 0.25) is 0 Å². The van der Waals surface area contributed by atoms with Crippen LogP contribution in [0.3, 0.4) is 0 Å². The highest BCUT2D eigenvalue weighted by atomic mass is 16.1. The van der Waals surface area contributed by atoms with Crippen molar-refractivity contribution in [1.29, 1.82) is 0 Å². The predicted molar refractivity (Wildman–Crippen MR) is 79.3 cm³/mol. The van der Waals surface area contributed by atoms with Gasteiger partial charge in [-0.15, -0.1) is 0 Å². The predicted octanol–water partition coefficient (Wildman–Crippen LogP) is 4.01. The lowest BCUT2D eigenvalue weighted by Crippen LogP contribution is -2.33. The van der Waals surface area contributed by atoms with Crippen molar-refractivity contribution >= 4 is 11.6 Å². The SMILES string of the molecule is CCC1=CC(=O)CCC1C1=CCC2(C)C(=O)CCC2C1. The van der Waals surface area contributed by atoms with Crippen LogP contribution in [-0.4, -0.2) is 11.6 Å². The molecule has 2 heteroatoms. The van der Waals surface area contributed by atoms with E-state index in [-0.39, 0.29) is 11.2 Å². The van der Waals surface area contributed by atoms with E-state index >= 15 is 0 Å². The van der Waals surface area contributed by atoms with Crippen molar-refractivity contribution in [3.63, 3.8) is 0 Å². The molecule has 0 spiro atoms.